The van der Waals surface area contributed by atoms with Gasteiger partial charge < -0.3 is 15.7 Å². The number of amides is 2. The highest BCUT2D eigenvalue weighted by atomic mass is 32.2. The van der Waals surface area contributed by atoms with Gasteiger partial charge in [0.2, 0.25) is 11.8 Å². The van der Waals surface area contributed by atoms with Crippen LogP contribution in [0.3, 0.4) is 0 Å². The van der Waals surface area contributed by atoms with Crippen LogP contribution in [0.1, 0.15) is 12.8 Å². The maximum absolute atomic E-state index is 11.7. The zero-order valence-electron chi connectivity index (χ0n) is 9.62. The quantitative estimate of drug-likeness (QED) is 0.421. The first kappa shape index (κ1) is 13.8. The standard InChI is InChI=1S/C10H16N2O4S/c1-11-8(15)10(2-3-10)9(16)12-4-5-17-6-7(13)14/h2-6H2,1H3,(H,11,15)(H,12,16)(H,13,14). The van der Waals surface area contributed by atoms with Crippen molar-refractivity contribution in [2.45, 2.75) is 12.8 Å². The summed E-state index contributed by atoms with van der Waals surface area (Å²) in [4.78, 5) is 33.4. The van der Waals surface area contributed by atoms with Gasteiger partial charge >= 0.3 is 5.97 Å². The van der Waals surface area contributed by atoms with Crippen molar-refractivity contribution in [1.29, 1.82) is 0 Å². The highest BCUT2D eigenvalue weighted by Gasteiger charge is 2.55. The van der Waals surface area contributed by atoms with Crippen LogP contribution in [0.15, 0.2) is 0 Å². The first-order valence-corrected chi connectivity index (χ1v) is 6.48. The van der Waals surface area contributed by atoms with Crippen LogP contribution >= 0.6 is 11.8 Å². The van der Waals surface area contributed by atoms with E-state index in [2.05, 4.69) is 10.6 Å². The number of thioether (sulfide) groups is 1. The fourth-order valence-electron chi connectivity index (χ4n) is 1.49. The minimum absolute atomic E-state index is 0.0243. The Hall–Kier alpha value is -1.24. The molecule has 3 N–H and O–H groups in total. The zero-order chi connectivity index (χ0) is 12.9. The summed E-state index contributed by atoms with van der Waals surface area (Å²) in [6.07, 6.45) is 1.17. The molecule has 1 fully saturated rings. The molecule has 0 unspecified atom stereocenters. The molecule has 0 aromatic carbocycles. The lowest BCUT2D eigenvalue weighted by Gasteiger charge is -2.13. The van der Waals surface area contributed by atoms with Crippen LogP contribution in [0.25, 0.3) is 0 Å². The van der Waals surface area contributed by atoms with Gasteiger partial charge in [-0.3, -0.25) is 14.4 Å². The molecule has 6 nitrogen and oxygen atoms in total. The number of carbonyl (C=O) groups is 3. The van der Waals surface area contributed by atoms with E-state index in [1.54, 1.807) is 0 Å². The van der Waals surface area contributed by atoms with Crippen molar-refractivity contribution in [2.24, 2.45) is 5.41 Å². The summed E-state index contributed by atoms with van der Waals surface area (Å²) >= 11 is 1.23. The number of rotatable bonds is 7. The normalized spacial score (nSPS) is 16.1. The maximum atomic E-state index is 11.7. The predicted molar refractivity (Wildman–Crippen MR) is 63.7 cm³/mol. The van der Waals surface area contributed by atoms with Crippen LogP contribution in [0.5, 0.6) is 0 Å². The average molecular weight is 260 g/mol. The van der Waals surface area contributed by atoms with Crippen molar-refractivity contribution in [2.75, 3.05) is 25.1 Å². The van der Waals surface area contributed by atoms with E-state index in [4.69, 9.17) is 5.11 Å². The minimum atomic E-state index is -0.870. The molecule has 1 saturated carbocycles. The van der Waals surface area contributed by atoms with Crippen LogP contribution in [0.4, 0.5) is 0 Å². The van der Waals surface area contributed by atoms with E-state index in [0.29, 0.717) is 25.1 Å². The van der Waals surface area contributed by atoms with Gasteiger partial charge in [0.25, 0.3) is 0 Å². The molecule has 96 valence electrons. The van der Waals surface area contributed by atoms with Crippen LogP contribution in [0.2, 0.25) is 0 Å². The van der Waals surface area contributed by atoms with Crippen molar-refractivity contribution < 1.29 is 19.5 Å². The lowest BCUT2D eigenvalue weighted by molar-refractivity contribution is -0.137. The van der Waals surface area contributed by atoms with Gasteiger partial charge in [0.15, 0.2) is 0 Å². The molecule has 1 aliphatic rings. The Morgan fingerprint density at radius 3 is 2.41 bits per heavy atom. The number of hydrogen-bond acceptors (Lipinski definition) is 4. The number of hydrogen-bond donors (Lipinski definition) is 3. The molecule has 7 heteroatoms. The molecule has 0 radical (unpaired) electrons. The van der Waals surface area contributed by atoms with E-state index >= 15 is 0 Å². The highest BCUT2D eigenvalue weighted by Crippen LogP contribution is 2.45. The Labute approximate surface area is 104 Å². The van der Waals surface area contributed by atoms with E-state index in [1.807, 2.05) is 0 Å². The number of carbonyl (C=O) groups excluding carboxylic acids is 2. The Morgan fingerprint density at radius 2 is 1.94 bits per heavy atom. The second-order valence-electron chi connectivity index (χ2n) is 3.86. The number of nitrogens with one attached hydrogen (secondary N) is 2. The van der Waals surface area contributed by atoms with Gasteiger partial charge in [-0.1, -0.05) is 0 Å². The van der Waals surface area contributed by atoms with Gasteiger partial charge in [-0.2, -0.15) is 0 Å². The molecule has 2 amide bonds. The van der Waals surface area contributed by atoms with Crippen LogP contribution in [0, 0.1) is 5.41 Å². The molecule has 0 bridgehead atoms. The van der Waals surface area contributed by atoms with Gasteiger partial charge in [-0.15, -0.1) is 11.8 Å². The average Bonchev–Trinajstić information content (AvgIpc) is 3.08. The highest BCUT2D eigenvalue weighted by molar-refractivity contribution is 7.99. The summed E-state index contributed by atoms with van der Waals surface area (Å²) in [5, 5.41) is 13.5. The summed E-state index contributed by atoms with van der Waals surface area (Å²) in [6, 6.07) is 0. The van der Waals surface area contributed by atoms with E-state index in [0.717, 1.165) is 0 Å². The smallest absolute Gasteiger partial charge is 0.313 e. The molecule has 0 saturated heterocycles. The third kappa shape index (κ3) is 3.62. The largest absolute Gasteiger partial charge is 0.481 e. The van der Waals surface area contributed by atoms with E-state index in [9.17, 15) is 14.4 Å². The van der Waals surface area contributed by atoms with Crippen molar-refractivity contribution in [3.8, 4) is 0 Å². The van der Waals surface area contributed by atoms with Gasteiger partial charge in [-0.05, 0) is 12.8 Å². The van der Waals surface area contributed by atoms with E-state index in [1.165, 1.54) is 18.8 Å². The third-order valence-corrected chi connectivity index (χ3v) is 3.55. The topological polar surface area (TPSA) is 95.5 Å². The van der Waals surface area contributed by atoms with Crippen LogP contribution < -0.4 is 10.6 Å². The summed E-state index contributed by atoms with van der Waals surface area (Å²) in [7, 11) is 1.51. The fraction of sp³-hybridized carbons (Fsp3) is 0.700. The first-order chi connectivity index (χ1) is 8.03. The first-order valence-electron chi connectivity index (χ1n) is 5.33. The molecule has 0 aliphatic heterocycles. The summed E-state index contributed by atoms with van der Waals surface area (Å²) in [6.45, 7) is 0.384. The number of carboxylic acid groups (broad SMARTS) is 1. The minimum Gasteiger partial charge on any atom is -0.481 e. The number of carboxylic acids is 1. The molecule has 17 heavy (non-hydrogen) atoms. The Bertz CT molecular complexity index is 328. The summed E-state index contributed by atoms with van der Waals surface area (Å²) < 4.78 is 0. The molecular weight excluding hydrogens is 244 g/mol. The molecule has 0 heterocycles. The second kappa shape index (κ2) is 5.90. The van der Waals surface area contributed by atoms with Gasteiger partial charge in [0, 0.05) is 19.3 Å². The lowest BCUT2D eigenvalue weighted by Crippen LogP contribution is -2.42. The molecule has 0 spiro atoms. The monoisotopic (exact) mass is 260 g/mol. The van der Waals surface area contributed by atoms with E-state index < -0.39 is 11.4 Å². The van der Waals surface area contributed by atoms with Gasteiger partial charge in [0.1, 0.15) is 5.41 Å². The van der Waals surface area contributed by atoms with Gasteiger partial charge in [-0.25, -0.2) is 0 Å². The van der Waals surface area contributed by atoms with E-state index in [-0.39, 0.29) is 17.6 Å². The van der Waals surface area contributed by atoms with Crippen molar-refractivity contribution in [3.63, 3.8) is 0 Å². The van der Waals surface area contributed by atoms with Crippen molar-refractivity contribution in [1.82, 2.24) is 10.6 Å². The molecular formula is C10H16N2O4S. The van der Waals surface area contributed by atoms with Gasteiger partial charge in [0.05, 0.1) is 5.75 Å². The Morgan fingerprint density at radius 1 is 1.29 bits per heavy atom. The fourth-order valence-corrected chi connectivity index (χ4v) is 2.05. The van der Waals surface area contributed by atoms with Crippen LogP contribution in [-0.4, -0.2) is 48.0 Å². The third-order valence-electron chi connectivity index (χ3n) is 2.60. The maximum Gasteiger partial charge on any atom is 0.313 e. The van der Waals surface area contributed by atoms with Crippen LogP contribution in [-0.2, 0) is 14.4 Å². The zero-order valence-corrected chi connectivity index (χ0v) is 10.4. The molecule has 0 atom stereocenters. The summed E-state index contributed by atoms with van der Waals surface area (Å²) in [5.74, 6) is -0.815. The predicted octanol–water partition coefficient (Wildman–Crippen LogP) is -0.553. The molecule has 0 aromatic heterocycles. The summed E-state index contributed by atoms with van der Waals surface area (Å²) in [5.41, 5.74) is -0.869. The molecule has 1 aliphatic carbocycles. The molecule has 1 rings (SSSR count). The molecule has 0 aromatic rings. The Balaban J connectivity index is 2.22. The second-order valence-corrected chi connectivity index (χ2v) is 4.97. The van der Waals surface area contributed by atoms with Crippen molar-refractivity contribution >= 4 is 29.5 Å². The van der Waals surface area contributed by atoms with Crippen molar-refractivity contribution in [3.05, 3.63) is 0 Å². The Kier molecular flexibility index (Phi) is 4.80. The number of aliphatic carboxylic acids is 1. The lowest BCUT2D eigenvalue weighted by atomic mass is 10.1. The SMILES string of the molecule is CNC(=O)C1(C(=O)NCCSCC(=O)O)CC1.